The average molecular weight is 336 g/mol. The van der Waals surface area contributed by atoms with Crippen LogP contribution in [0.1, 0.15) is 44.1 Å². The van der Waals surface area contributed by atoms with Gasteiger partial charge in [-0.05, 0) is 80.0 Å². The normalized spacial score (nSPS) is 32.7. The van der Waals surface area contributed by atoms with E-state index in [1.54, 1.807) is 12.5 Å². The molecule has 4 saturated carbocycles. The van der Waals surface area contributed by atoms with E-state index >= 15 is 0 Å². The molecule has 6 rings (SSSR count). The number of rotatable bonds is 4. The smallest absolute Gasteiger partial charge is 0.226 e. The molecular formula is C21H24N2O2. The quantitative estimate of drug-likeness (QED) is 0.911. The minimum Gasteiger partial charge on any atom is -0.464 e. The van der Waals surface area contributed by atoms with Gasteiger partial charge in [-0.1, -0.05) is 0 Å². The number of amides is 1. The molecule has 25 heavy (non-hydrogen) atoms. The van der Waals surface area contributed by atoms with E-state index in [2.05, 4.69) is 10.3 Å². The zero-order valence-electron chi connectivity index (χ0n) is 14.4. The number of aromatic nitrogens is 1. The molecule has 1 amide bonds. The van der Waals surface area contributed by atoms with Crippen LogP contribution >= 0.6 is 0 Å². The maximum atomic E-state index is 13.0. The summed E-state index contributed by atoms with van der Waals surface area (Å²) in [5.41, 5.74) is 1.89. The highest BCUT2D eigenvalue weighted by molar-refractivity contribution is 5.83. The summed E-state index contributed by atoms with van der Waals surface area (Å²) in [7, 11) is 0. The fourth-order valence-electron chi connectivity index (χ4n) is 5.92. The van der Waals surface area contributed by atoms with Crippen LogP contribution in [0.3, 0.4) is 0 Å². The fourth-order valence-corrected chi connectivity index (χ4v) is 5.92. The van der Waals surface area contributed by atoms with Gasteiger partial charge in [0.1, 0.15) is 5.76 Å². The molecule has 0 aromatic carbocycles. The molecule has 0 spiro atoms. The highest BCUT2D eigenvalue weighted by atomic mass is 16.3. The molecule has 4 nitrogen and oxygen atoms in total. The average Bonchev–Trinajstić information content (AvgIpc) is 3.13. The first kappa shape index (κ1) is 15.2. The molecule has 2 aromatic heterocycles. The lowest BCUT2D eigenvalue weighted by molar-refractivity contribution is -0.146. The Kier molecular flexibility index (Phi) is 3.47. The molecular weight excluding hydrogens is 312 g/mol. The summed E-state index contributed by atoms with van der Waals surface area (Å²) < 4.78 is 5.44. The maximum absolute atomic E-state index is 13.0. The van der Waals surface area contributed by atoms with Crippen LogP contribution < -0.4 is 5.32 Å². The summed E-state index contributed by atoms with van der Waals surface area (Å²) in [6.07, 6.45) is 12.7. The van der Waals surface area contributed by atoms with Crippen molar-refractivity contribution in [2.75, 3.05) is 0 Å². The minimum atomic E-state index is -0.0825. The molecule has 130 valence electrons. The van der Waals surface area contributed by atoms with Crippen LogP contribution in [0.2, 0.25) is 0 Å². The Morgan fingerprint density at radius 3 is 2.52 bits per heavy atom. The van der Waals surface area contributed by atoms with Crippen molar-refractivity contribution in [1.29, 1.82) is 0 Å². The molecule has 4 heteroatoms. The van der Waals surface area contributed by atoms with Crippen LogP contribution in [0.25, 0.3) is 11.3 Å². The molecule has 0 saturated heterocycles. The van der Waals surface area contributed by atoms with Gasteiger partial charge in [0.2, 0.25) is 5.91 Å². The third-order valence-electron chi connectivity index (χ3n) is 6.57. The number of nitrogens with one attached hydrogen (secondary N) is 1. The van der Waals surface area contributed by atoms with Crippen molar-refractivity contribution < 1.29 is 9.21 Å². The standard InChI is InChI=1S/C21H24N2O2/c24-20(21-8-14-4-15(9-21)6-16(5-14)10-21)23-12-17-7-18(13-22-11-17)19-2-1-3-25-19/h1-3,7,11,13-16H,4-6,8-10,12H2,(H,23,24). The summed E-state index contributed by atoms with van der Waals surface area (Å²) in [4.78, 5) is 17.3. The van der Waals surface area contributed by atoms with Gasteiger partial charge in [-0.3, -0.25) is 9.78 Å². The Morgan fingerprint density at radius 1 is 1.16 bits per heavy atom. The number of carbonyl (C=O) groups excluding carboxylic acids is 1. The van der Waals surface area contributed by atoms with Crippen molar-refractivity contribution >= 4 is 5.91 Å². The van der Waals surface area contributed by atoms with Gasteiger partial charge in [-0.2, -0.15) is 0 Å². The monoisotopic (exact) mass is 336 g/mol. The van der Waals surface area contributed by atoms with Crippen LogP contribution in [0, 0.1) is 23.2 Å². The van der Waals surface area contributed by atoms with Gasteiger partial charge >= 0.3 is 0 Å². The van der Waals surface area contributed by atoms with E-state index < -0.39 is 0 Å². The van der Waals surface area contributed by atoms with Crippen LogP contribution in [-0.2, 0) is 11.3 Å². The molecule has 4 aliphatic rings. The minimum absolute atomic E-state index is 0.0825. The summed E-state index contributed by atoms with van der Waals surface area (Å²) >= 11 is 0. The van der Waals surface area contributed by atoms with Gasteiger partial charge < -0.3 is 9.73 Å². The summed E-state index contributed by atoms with van der Waals surface area (Å²) in [6.45, 7) is 0.544. The molecule has 0 aliphatic heterocycles. The maximum Gasteiger partial charge on any atom is 0.226 e. The first-order valence-electron chi connectivity index (χ1n) is 9.46. The van der Waals surface area contributed by atoms with Crippen LogP contribution in [-0.4, -0.2) is 10.9 Å². The Bertz CT molecular complexity index is 746. The summed E-state index contributed by atoms with van der Waals surface area (Å²) in [5, 5.41) is 3.22. The highest BCUT2D eigenvalue weighted by Gasteiger charge is 2.54. The molecule has 4 bridgehead atoms. The zero-order chi connectivity index (χ0) is 16.9. The van der Waals surface area contributed by atoms with Crippen molar-refractivity contribution in [2.24, 2.45) is 23.2 Å². The van der Waals surface area contributed by atoms with E-state index in [9.17, 15) is 4.79 Å². The number of furan rings is 1. The second-order valence-electron chi connectivity index (χ2n) is 8.44. The van der Waals surface area contributed by atoms with Crippen LogP contribution in [0.5, 0.6) is 0 Å². The Labute approximate surface area is 148 Å². The number of pyridine rings is 1. The molecule has 2 aromatic rings. The first-order chi connectivity index (χ1) is 12.2. The molecule has 2 heterocycles. The Balaban J connectivity index is 1.29. The molecule has 0 unspecified atom stereocenters. The van der Waals surface area contributed by atoms with Crippen molar-refractivity contribution in [3.63, 3.8) is 0 Å². The van der Waals surface area contributed by atoms with E-state index in [1.807, 2.05) is 24.4 Å². The Hall–Kier alpha value is -2.10. The number of hydrogen-bond acceptors (Lipinski definition) is 3. The van der Waals surface area contributed by atoms with E-state index in [-0.39, 0.29) is 11.3 Å². The van der Waals surface area contributed by atoms with Crippen molar-refractivity contribution in [3.8, 4) is 11.3 Å². The van der Waals surface area contributed by atoms with Gasteiger partial charge in [-0.15, -0.1) is 0 Å². The topological polar surface area (TPSA) is 55.1 Å². The molecule has 4 fully saturated rings. The summed E-state index contributed by atoms with van der Waals surface area (Å²) in [5.74, 6) is 3.46. The van der Waals surface area contributed by atoms with Crippen molar-refractivity contribution in [3.05, 3.63) is 42.4 Å². The largest absolute Gasteiger partial charge is 0.464 e. The number of nitrogens with zero attached hydrogens (tertiary/aromatic N) is 1. The second kappa shape index (κ2) is 5.72. The van der Waals surface area contributed by atoms with E-state index in [0.29, 0.717) is 6.54 Å². The predicted molar refractivity (Wildman–Crippen MR) is 94.4 cm³/mol. The van der Waals surface area contributed by atoms with Gasteiger partial charge in [0.05, 0.1) is 6.26 Å². The van der Waals surface area contributed by atoms with Gasteiger partial charge in [0.15, 0.2) is 0 Å². The highest BCUT2D eigenvalue weighted by Crippen LogP contribution is 2.60. The number of carbonyl (C=O) groups is 1. The Morgan fingerprint density at radius 2 is 1.88 bits per heavy atom. The summed E-state index contributed by atoms with van der Waals surface area (Å²) in [6, 6.07) is 5.84. The lowest BCUT2D eigenvalue weighted by Gasteiger charge is -2.55. The van der Waals surface area contributed by atoms with Gasteiger partial charge in [-0.25, -0.2) is 0 Å². The first-order valence-corrected chi connectivity index (χ1v) is 9.46. The van der Waals surface area contributed by atoms with E-state index in [1.165, 1.54) is 19.3 Å². The molecule has 0 atom stereocenters. The van der Waals surface area contributed by atoms with Crippen LogP contribution in [0.4, 0.5) is 0 Å². The van der Waals surface area contributed by atoms with Gasteiger partial charge in [0.25, 0.3) is 0 Å². The SMILES string of the molecule is O=C(NCc1cncc(-c2ccco2)c1)C12CC3CC(CC(C3)C1)C2. The van der Waals surface area contributed by atoms with E-state index in [4.69, 9.17) is 4.42 Å². The number of hydrogen-bond donors (Lipinski definition) is 1. The van der Waals surface area contributed by atoms with Crippen LogP contribution in [0.15, 0.2) is 41.3 Å². The zero-order valence-corrected chi connectivity index (χ0v) is 14.4. The second-order valence-corrected chi connectivity index (χ2v) is 8.44. The molecule has 0 radical (unpaired) electrons. The van der Waals surface area contributed by atoms with Crippen molar-refractivity contribution in [2.45, 2.75) is 45.1 Å². The lowest BCUT2D eigenvalue weighted by atomic mass is 9.49. The molecule has 1 N–H and O–H groups in total. The predicted octanol–water partition coefficient (Wildman–Crippen LogP) is 4.17. The van der Waals surface area contributed by atoms with Crippen molar-refractivity contribution in [1.82, 2.24) is 10.3 Å². The third kappa shape index (κ3) is 2.68. The third-order valence-corrected chi connectivity index (χ3v) is 6.57. The lowest BCUT2D eigenvalue weighted by Crippen LogP contribution is -2.53. The fraction of sp³-hybridized carbons (Fsp3) is 0.524. The molecule has 4 aliphatic carbocycles. The van der Waals surface area contributed by atoms with Gasteiger partial charge in [0, 0.05) is 29.9 Å². The van der Waals surface area contributed by atoms with E-state index in [0.717, 1.165) is 53.9 Å².